The highest BCUT2D eigenvalue weighted by Crippen LogP contribution is 2.27. The number of thioether (sulfide) groups is 1. The number of aromatic nitrogens is 1. The van der Waals surface area contributed by atoms with E-state index < -0.39 is 0 Å². The Hall–Kier alpha value is -2.84. The molecule has 0 saturated carbocycles. The Morgan fingerprint density at radius 3 is 2.67 bits per heavy atom. The van der Waals surface area contributed by atoms with Crippen LogP contribution in [0.3, 0.4) is 0 Å². The van der Waals surface area contributed by atoms with E-state index in [1.54, 1.807) is 7.11 Å². The standard InChI is InChI=1S/C22H23N3O3S2/c1-14(23-15(2)26)16-7-9-17(10-8-16)20-12-30-22(24-20)25-21(27)13-29-19-6-4-5-18(11-19)28-3/h4-12,14H,13H2,1-3H3,(H,23,26)(H,24,25,27)/t14-/m1/s1. The van der Waals surface area contributed by atoms with Gasteiger partial charge in [0.1, 0.15) is 5.75 Å². The zero-order chi connectivity index (χ0) is 21.5. The highest BCUT2D eigenvalue weighted by atomic mass is 32.2. The lowest BCUT2D eigenvalue weighted by Gasteiger charge is -2.13. The monoisotopic (exact) mass is 441 g/mol. The van der Waals surface area contributed by atoms with Crippen LogP contribution in [0.15, 0.2) is 58.8 Å². The Bertz CT molecular complexity index is 1020. The topological polar surface area (TPSA) is 80.3 Å². The van der Waals surface area contributed by atoms with Gasteiger partial charge in [0.25, 0.3) is 0 Å². The predicted molar refractivity (Wildman–Crippen MR) is 122 cm³/mol. The summed E-state index contributed by atoms with van der Waals surface area (Å²) in [7, 11) is 1.62. The molecule has 0 radical (unpaired) electrons. The SMILES string of the molecule is COc1cccc(SCC(=O)Nc2nc(-c3ccc([C@@H](C)NC(C)=O)cc3)cs2)c1. The highest BCUT2D eigenvalue weighted by molar-refractivity contribution is 8.00. The van der Waals surface area contributed by atoms with E-state index in [0.29, 0.717) is 5.13 Å². The number of nitrogens with zero attached hydrogens (tertiary/aromatic N) is 1. The van der Waals surface area contributed by atoms with Gasteiger partial charge in [0.15, 0.2) is 5.13 Å². The number of thiazole rings is 1. The van der Waals surface area contributed by atoms with E-state index >= 15 is 0 Å². The molecule has 1 aromatic heterocycles. The maximum Gasteiger partial charge on any atom is 0.236 e. The second-order valence-corrected chi connectivity index (χ2v) is 8.50. The van der Waals surface area contributed by atoms with Gasteiger partial charge >= 0.3 is 0 Å². The van der Waals surface area contributed by atoms with Crippen LogP contribution in [0.1, 0.15) is 25.5 Å². The summed E-state index contributed by atoms with van der Waals surface area (Å²) in [4.78, 5) is 28.9. The molecule has 0 aliphatic carbocycles. The number of carbonyl (C=O) groups excluding carboxylic acids is 2. The van der Waals surface area contributed by atoms with Crippen molar-refractivity contribution in [1.82, 2.24) is 10.3 Å². The van der Waals surface area contributed by atoms with Crippen LogP contribution < -0.4 is 15.4 Å². The maximum atomic E-state index is 12.3. The van der Waals surface area contributed by atoms with E-state index in [1.807, 2.05) is 60.8 Å². The Balaban J connectivity index is 1.56. The van der Waals surface area contributed by atoms with Gasteiger partial charge in [0.2, 0.25) is 11.8 Å². The molecule has 0 aliphatic rings. The van der Waals surface area contributed by atoms with Gasteiger partial charge in [-0.3, -0.25) is 9.59 Å². The van der Waals surface area contributed by atoms with Crippen molar-refractivity contribution in [3.63, 3.8) is 0 Å². The average molecular weight is 442 g/mol. The van der Waals surface area contributed by atoms with Crippen LogP contribution in [-0.4, -0.2) is 29.7 Å². The van der Waals surface area contributed by atoms with E-state index in [2.05, 4.69) is 15.6 Å². The third kappa shape index (κ3) is 6.08. The van der Waals surface area contributed by atoms with Crippen LogP contribution in [-0.2, 0) is 9.59 Å². The quantitative estimate of drug-likeness (QED) is 0.493. The van der Waals surface area contributed by atoms with Crippen molar-refractivity contribution in [2.24, 2.45) is 0 Å². The smallest absolute Gasteiger partial charge is 0.236 e. The van der Waals surface area contributed by atoms with Crippen molar-refractivity contribution in [2.45, 2.75) is 24.8 Å². The Labute approximate surface area is 184 Å². The molecule has 0 unspecified atom stereocenters. The summed E-state index contributed by atoms with van der Waals surface area (Å²) in [6, 6.07) is 15.4. The molecule has 30 heavy (non-hydrogen) atoms. The summed E-state index contributed by atoms with van der Waals surface area (Å²) in [5, 5.41) is 8.20. The molecule has 0 bridgehead atoms. The molecule has 3 aromatic rings. The summed E-state index contributed by atoms with van der Waals surface area (Å²) in [5.41, 5.74) is 2.78. The minimum absolute atomic E-state index is 0.0519. The summed E-state index contributed by atoms with van der Waals surface area (Å²) in [6.07, 6.45) is 0. The number of hydrogen-bond donors (Lipinski definition) is 2. The Kier molecular flexibility index (Phi) is 7.48. The van der Waals surface area contributed by atoms with Crippen LogP contribution in [0, 0.1) is 0 Å². The normalized spacial score (nSPS) is 11.6. The molecule has 1 heterocycles. The molecule has 6 nitrogen and oxygen atoms in total. The van der Waals surface area contributed by atoms with E-state index in [-0.39, 0.29) is 23.6 Å². The maximum absolute atomic E-state index is 12.3. The molecule has 0 saturated heterocycles. The van der Waals surface area contributed by atoms with E-state index in [1.165, 1.54) is 30.0 Å². The molecule has 1 atom stereocenters. The highest BCUT2D eigenvalue weighted by Gasteiger charge is 2.11. The molecule has 0 fully saturated rings. The molecule has 156 valence electrons. The van der Waals surface area contributed by atoms with Crippen molar-refractivity contribution in [3.8, 4) is 17.0 Å². The van der Waals surface area contributed by atoms with Crippen LogP contribution in [0.2, 0.25) is 0 Å². The minimum atomic E-state index is -0.108. The summed E-state index contributed by atoms with van der Waals surface area (Å²) < 4.78 is 5.20. The number of anilines is 1. The van der Waals surface area contributed by atoms with Gasteiger partial charge in [-0.15, -0.1) is 23.1 Å². The van der Waals surface area contributed by atoms with Gasteiger partial charge in [0, 0.05) is 22.8 Å². The second kappa shape index (κ2) is 10.3. The van der Waals surface area contributed by atoms with Crippen molar-refractivity contribution in [2.75, 3.05) is 18.2 Å². The number of ether oxygens (including phenoxy) is 1. The zero-order valence-corrected chi connectivity index (χ0v) is 18.6. The molecular weight excluding hydrogens is 418 g/mol. The Morgan fingerprint density at radius 1 is 1.20 bits per heavy atom. The largest absolute Gasteiger partial charge is 0.497 e. The lowest BCUT2D eigenvalue weighted by Crippen LogP contribution is -2.23. The average Bonchev–Trinajstić information content (AvgIpc) is 3.20. The van der Waals surface area contributed by atoms with Crippen molar-refractivity contribution >= 4 is 40.0 Å². The molecule has 2 aromatic carbocycles. The lowest BCUT2D eigenvalue weighted by atomic mass is 10.1. The molecular formula is C22H23N3O3S2. The van der Waals surface area contributed by atoms with Gasteiger partial charge in [-0.2, -0.15) is 0 Å². The fourth-order valence-electron chi connectivity index (χ4n) is 2.79. The summed E-state index contributed by atoms with van der Waals surface area (Å²) in [5.74, 6) is 0.888. The fraction of sp³-hybridized carbons (Fsp3) is 0.227. The van der Waals surface area contributed by atoms with Crippen LogP contribution >= 0.6 is 23.1 Å². The van der Waals surface area contributed by atoms with Crippen LogP contribution in [0.25, 0.3) is 11.3 Å². The predicted octanol–water partition coefficient (Wildman–Crippen LogP) is 4.75. The first-order chi connectivity index (χ1) is 14.4. The molecule has 0 spiro atoms. The first-order valence-electron chi connectivity index (χ1n) is 9.34. The number of hydrogen-bond acceptors (Lipinski definition) is 6. The molecule has 8 heteroatoms. The number of carbonyl (C=O) groups is 2. The van der Waals surface area contributed by atoms with E-state index in [0.717, 1.165) is 27.5 Å². The third-order valence-corrected chi connectivity index (χ3v) is 6.04. The van der Waals surface area contributed by atoms with Crippen molar-refractivity contribution in [3.05, 3.63) is 59.5 Å². The minimum Gasteiger partial charge on any atom is -0.497 e. The summed E-state index contributed by atoms with van der Waals surface area (Å²) >= 11 is 2.83. The van der Waals surface area contributed by atoms with Crippen molar-refractivity contribution < 1.29 is 14.3 Å². The molecule has 2 amide bonds. The number of benzene rings is 2. The molecule has 2 N–H and O–H groups in total. The third-order valence-electron chi connectivity index (χ3n) is 4.29. The zero-order valence-electron chi connectivity index (χ0n) is 17.0. The number of methoxy groups -OCH3 is 1. The van der Waals surface area contributed by atoms with Crippen molar-refractivity contribution in [1.29, 1.82) is 0 Å². The van der Waals surface area contributed by atoms with Gasteiger partial charge in [-0.05, 0) is 30.7 Å². The summed E-state index contributed by atoms with van der Waals surface area (Å²) in [6.45, 7) is 3.45. The van der Waals surface area contributed by atoms with Gasteiger partial charge in [-0.25, -0.2) is 4.98 Å². The number of rotatable bonds is 8. The first kappa shape index (κ1) is 21.9. The number of amides is 2. The van der Waals surface area contributed by atoms with Crippen LogP contribution in [0.4, 0.5) is 5.13 Å². The van der Waals surface area contributed by atoms with E-state index in [9.17, 15) is 9.59 Å². The van der Waals surface area contributed by atoms with Gasteiger partial charge in [-0.1, -0.05) is 30.3 Å². The van der Waals surface area contributed by atoms with Gasteiger partial charge in [0.05, 0.1) is 24.6 Å². The Morgan fingerprint density at radius 2 is 1.97 bits per heavy atom. The van der Waals surface area contributed by atoms with Crippen LogP contribution in [0.5, 0.6) is 5.75 Å². The molecule has 3 rings (SSSR count). The fourth-order valence-corrected chi connectivity index (χ4v) is 4.27. The van der Waals surface area contributed by atoms with Gasteiger partial charge < -0.3 is 15.4 Å². The number of nitrogens with one attached hydrogen (secondary N) is 2. The molecule has 0 aliphatic heterocycles. The first-order valence-corrected chi connectivity index (χ1v) is 11.2. The lowest BCUT2D eigenvalue weighted by molar-refractivity contribution is -0.119. The van der Waals surface area contributed by atoms with E-state index in [4.69, 9.17) is 4.74 Å². The second-order valence-electron chi connectivity index (χ2n) is 6.60.